The fourth-order valence-corrected chi connectivity index (χ4v) is 2.25. The Morgan fingerprint density at radius 3 is 2.60 bits per heavy atom. The quantitative estimate of drug-likeness (QED) is 0.830. The second-order valence-electron chi connectivity index (χ2n) is 3.04. The second kappa shape index (κ2) is 4.15. The zero-order chi connectivity index (χ0) is 11.6. The Balaban J connectivity index is 2.87. The molecule has 1 rings (SSSR count). The van der Waals surface area contributed by atoms with Gasteiger partial charge in [-0.15, -0.1) is 11.3 Å². The molecule has 84 valence electrons. The summed E-state index contributed by atoms with van der Waals surface area (Å²) in [5.74, 6) is -1.18. The van der Waals surface area contributed by atoms with Crippen molar-refractivity contribution in [2.45, 2.75) is 19.1 Å². The molecule has 8 heteroatoms. The average molecular weight is 250 g/mol. The Labute approximate surface area is 91.0 Å². The van der Waals surface area contributed by atoms with Crippen molar-refractivity contribution in [3.05, 3.63) is 11.1 Å². The van der Waals surface area contributed by atoms with Crippen LogP contribution in [0.25, 0.3) is 0 Å². The van der Waals surface area contributed by atoms with Gasteiger partial charge in [0.2, 0.25) is 10.0 Å². The van der Waals surface area contributed by atoms with Gasteiger partial charge in [0.25, 0.3) is 0 Å². The number of nitrogens with one attached hydrogen (secondary N) is 1. The summed E-state index contributed by atoms with van der Waals surface area (Å²) in [6.45, 7) is 3.04. The van der Waals surface area contributed by atoms with Gasteiger partial charge in [-0.3, -0.25) is 4.72 Å². The maximum atomic E-state index is 11.4. The third-order valence-corrected chi connectivity index (χ3v) is 4.18. The van der Waals surface area contributed by atoms with E-state index in [2.05, 4.69) is 9.71 Å². The maximum absolute atomic E-state index is 11.4. The monoisotopic (exact) mass is 250 g/mol. The van der Waals surface area contributed by atoms with Gasteiger partial charge >= 0.3 is 5.97 Å². The van der Waals surface area contributed by atoms with E-state index in [1.807, 2.05) is 0 Å². The number of carboxylic acids is 1. The molecular weight excluding hydrogens is 240 g/mol. The second-order valence-corrected chi connectivity index (χ2v) is 6.13. The van der Waals surface area contributed by atoms with Crippen LogP contribution in [0.4, 0.5) is 5.13 Å². The zero-order valence-electron chi connectivity index (χ0n) is 8.09. The Kier molecular flexibility index (Phi) is 3.30. The number of hydrogen-bond donors (Lipinski definition) is 2. The molecule has 0 aliphatic rings. The molecule has 1 aromatic rings. The molecule has 1 heterocycles. The van der Waals surface area contributed by atoms with Crippen LogP contribution in [-0.4, -0.2) is 29.7 Å². The molecule has 0 aliphatic heterocycles. The lowest BCUT2D eigenvalue weighted by Crippen LogP contribution is -2.22. The molecule has 0 unspecified atom stereocenters. The van der Waals surface area contributed by atoms with Crippen molar-refractivity contribution >= 4 is 32.5 Å². The summed E-state index contributed by atoms with van der Waals surface area (Å²) in [7, 11) is -3.46. The van der Waals surface area contributed by atoms with Gasteiger partial charge in [0, 0.05) is 5.38 Å². The molecule has 6 nitrogen and oxygen atoms in total. The normalized spacial score (nSPS) is 11.7. The van der Waals surface area contributed by atoms with E-state index in [9.17, 15) is 13.2 Å². The predicted molar refractivity (Wildman–Crippen MR) is 56.8 cm³/mol. The summed E-state index contributed by atoms with van der Waals surface area (Å²) in [5.41, 5.74) is -0.165. The van der Waals surface area contributed by atoms with Crippen molar-refractivity contribution in [1.82, 2.24) is 4.98 Å². The molecule has 0 atom stereocenters. The minimum absolute atomic E-state index is 0.0705. The molecule has 0 saturated heterocycles. The van der Waals surface area contributed by atoms with Crippen molar-refractivity contribution in [3.8, 4) is 0 Å². The number of carboxylic acid groups (broad SMARTS) is 1. The summed E-state index contributed by atoms with van der Waals surface area (Å²) < 4.78 is 25.0. The number of hydrogen-bond acceptors (Lipinski definition) is 5. The third kappa shape index (κ3) is 2.90. The number of aromatic nitrogens is 1. The topological polar surface area (TPSA) is 96.4 Å². The Bertz CT molecular complexity index is 463. The van der Waals surface area contributed by atoms with Crippen molar-refractivity contribution in [2.24, 2.45) is 0 Å². The number of thiazole rings is 1. The predicted octanol–water partition coefficient (Wildman–Crippen LogP) is 0.991. The Morgan fingerprint density at radius 1 is 1.60 bits per heavy atom. The zero-order valence-corrected chi connectivity index (χ0v) is 9.72. The van der Waals surface area contributed by atoms with Crippen LogP contribution in [0.3, 0.4) is 0 Å². The van der Waals surface area contributed by atoms with Crippen molar-refractivity contribution < 1.29 is 18.3 Å². The standard InChI is InChI=1S/C7H10N2O4S2/c1-4(2)15(12,13)9-7-8-5(3-14-7)6(10)11/h3-4H,1-2H3,(H,8,9)(H,10,11). The van der Waals surface area contributed by atoms with E-state index in [1.54, 1.807) is 0 Å². The van der Waals surface area contributed by atoms with Crippen molar-refractivity contribution in [1.29, 1.82) is 0 Å². The number of anilines is 1. The molecule has 2 N–H and O–H groups in total. The first-order valence-corrected chi connectivity index (χ1v) is 6.46. The van der Waals surface area contributed by atoms with E-state index < -0.39 is 21.2 Å². The Morgan fingerprint density at radius 2 is 2.20 bits per heavy atom. The van der Waals surface area contributed by atoms with Gasteiger partial charge in [-0.2, -0.15) is 0 Å². The molecule has 0 fully saturated rings. The van der Waals surface area contributed by atoms with E-state index in [0.29, 0.717) is 0 Å². The lowest BCUT2D eigenvalue weighted by atomic mass is 10.5. The van der Waals surface area contributed by atoms with E-state index >= 15 is 0 Å². The molecule has 0 radical (unpaired) electrons. The lowest BCUT2D eigenvalue weighted by molar-refractivity contribution is 0.0691. The first-order chi connectivity index (χ1) is 6.83. The van der Waals surface area contributed by atoms with Crippen LogP contribution in [0, 0.1) is 0 Å². The largest absolute Gasteiger partial charge is 0.476 e. The molecule has 1 aromatic heterocycles. The highest BCUT2D eigenvalue weighted by Crippen LogP contribution is 2.17. The summed E-state index contributed by atoms with van der Waals surface area (Å²) in [4.78, 5) is 14.1. The highest BCUT2D eigenvalue weighted by molar-refractivity contribution is 7.93. The van der Waals surface area contributed by atoms with Crippen LogP contribution >= 0.6 is 11.3 Å². The van der Waals surface area contributed by atoms with Crippen molar-refractivity contribution in [3.63, 3.8) is 0 Å². The van der Waals surface area contributed by atoms with E-state index in [4.69, 9.17) is 5.11 Å². The average Bonchev–Trinajstić information content (AvgIpc) is 2.51. The van der Waals surface area contributed by atoms with E-state index in [1.165, 1.54) is 19.2 Å². The highest BCUT2D eigenvalue weighted by Gasteiger charge is 2.18. The molecule has 0 spiro atoms. The number of aromatic carboxylic acids is 1. The molecule has 0 saturated carbocycles. The molecule has 0 aromatic carbocycles. The molecule has 0 aliphatic carbocycles. The first-order valence-electron chi connectivity index (χ1n) is 4.03. The van der Waals surface area contributed by atoms with Gasteiger partial charge in [-0.05, 0) is 13.8 Å². The fourth-order valence-electron chi connectivity index (χ4n) is 0.658. The minimum Gasteiger partial charge on any atom is -0.476 e. The van der Waals surface area contributed by atoms with Gasteiger partial charge in [0.15, 0.2) is 10.8 Å². The van der Waals surface area contributed by atoms with Gasteiger partial charge in [0.1, 0.15) is 0 Å². The minimum atomic E-state index is -3.46. The lowest BCUT2D eigenvalue weighted by Gasteiger charge is -2.06. The van der Waals surface area contributed by atoms with Gasteiger partial charge in [-0.25, -0.2) is 18.2 Å². The van der Waals surface area contributed by atoms with Crippen LogP contribution < -0.4 is 4.72 Å². The molecule has 15 heavy (non-hydrogen) atoms. The molecular formula is C7H10N2O4S2. The van der Waals surface area contributed by atoms with Crippen LogP contribution in [-0.2, 0) is 10.0 Å². The molecule has 0 bridgehead atoms. The smallest absolute Gasteiger partial charge is 0.355 e. The van der Waals surface area contributed by atoms with Crippen LogP contribution in [0.2, 0.25) is 0 Å². The number of nitrogens with zero attached hydrogens (tertiary/aromatic N) is 1. The van der Waals surface area contributed by atoms with Gasteiger partial charge in [-0.1, -0.05) is 0 Å². The van der Waals surface area contributed by atoms with E-state index in [0.717, 1.165) is 11.3 Å². The SMILES string of the molecule is CC(C)S(=O)(=O)Nc1nc(C(=O)O)cs1. The highest BCUT2D eigenvalue weighted by atomic mass is 32.2. The van der Waals surface area contributed by atoms with Crippen molar-refractivity contribution in [2.75, 3.05) is 4.72 Å². The van der Waals surface area contributed by atoms with Crippen LogP contribution in [0.15, 0.2) is 5.38 Å². The molecule has 0 amide bonds. The number of carbonyl (C=O) groups is 1. The van der Waals surface area contributed by atoms with Crippen LogP contribution in [0.5, 0.6) is 0 Å². The summed E-state index contributed by atoms with van der Waals surface area (Å²) >= 11 is 0.940. The third-order valence-electron chi connectivity index (χ3n) is 1.57. The van der Waals surface area contributed by atoms with Crippen LogP contribution in [0.1, 0.15) is 24.3 Å². The summed E-state index contributed by atoms with van der Waals surface area (Å²) in [6.07, 6.45) is 0. The van der Waals surface area contributed by atoms with Gasteiger partial charge in [0.05, 0.1) is 5.25 Å². The number of rotatable bonds is 4. The first kappa shape index (κ1) is 11.9. The summed E-state index contributed by atoms with van der Waals surface area (Å²) in [6, 6.07) is 0. The maximum Gasteiger partial charge on any atom is 0.355 e. The summed E-state index contributed by atoms with van der Waals surface area (Å²) in [5, 5.41) is 9.33. The Hall–Kier alpha value is -1.15. The number of sulfonamides is 1. The van der Waals surface area contributed by atoms with E-state index in [-0.39, 0.29) is 10.8 Å². The van der Waals surface area contributed by atoms with Gasteiger partial charge < -0.3 is 5.11 Å². The fraction of sp³-hybridized carbons (Fsp3) is 0.429.